The molecule has 2 saturated carbocycles. The first kappa shape index (κ1) is 26.3. The number of esters is 1. The van der Waals surface area contributed by atoms with Gasteiger partial charge in [0.1, 0.15) is 0 Å². The number of aryl methyl sites for hydroxylation is 1. The number of carbonyl (C=O) groups excluding carboxylic acids is 2. The average Bonchev–Trinajstić information content (AvgIpc) is 3.71. The fraction of sp³-hybridized carbons (Fsp3) is 0.303. The number of methoxy groups -OCH3 is 1. The number of nitrogens with zero attached hydrogens (tertiary/aromatic N) is 3. The summed E-state index contributed by atoms with van der Waals surface area (Å²) in [6, 6.07) is 20.0. The number of rotatable bonds is 7. The lowest BCUT2D eigenvalue weighted by Crippen LogP contribution is -2.38. The third-order valence-electron chi connectivity index (χ3n) is 8.56. The van der Waals surface area contributed by atoms with E-state index in [-0.39, 0.29) is 11.8 Å². The average molecular weight is 554 g/mol. The van der Waals surface area contributed by atoms with Crippen molar-refractivity contribution >= 4 is 46.3 Å². The second-order valence-electron chi connectivity index (χ2n) is 11.0. The summed E-state index contributed by atoms with van der Waals surface area (Å²) in [7, 11) is 3.33. The van der Waals surface area contributed by atoms with Crippen LogP contribution >= 0.6 is 11.6 Å². The van der Waals surface area contributed by atoms with Gasteiger partial charge in [0.2, 0.25) is 5.91 Å². The van der Waals surface area contributed by atoms with Crippen LogP contribution in [0.25, 0.3) is 28.2 Å². The number of anilines is 1. The SMILES string of the molecule is COC(=O)/C=C/c1cccc(N(Cc2ccc(-c3ccc4c(c3)ncn4C)cc2Cl)C(=O)[C@@H]2C[C@@H]3CC[C@H]2C3)c1. The first-order valence-electron chi connectivity index (χ1n) is 13.8. The summed E-state index contributed by atoms with van der Waals surface area (Å²) in [5.41, 5.74) is 6.55. The van der Waals surface area contributed by atoms with E-state index in [9.17, 15) is 9.59 Å². The molecule has 40 heavy (non-hydrogen) atoms. The number of fused-ring (bicyclic) bond motifs is 3. The molecule has 6 rings (SSSR count). The van der Waals surface area contributed by atoms with Crippen molar-refractivity contribution in [3.8, 4) is 11.1 Å². The molecule has 1 heterocycles. The summed E-state index contributed by atoms with van der Waals surface area (Å²) in [6.07, 6.45) is 9.39. The number of aromatic nitrogens is 2. The quantitative estimate of drug-likeness (QED) is 0.182. The van der Waals surface area contributed by atoms with E-state index in [1.54, 1.807) is 6.08 Å². The molecule has 1 amide bonds. The molecular formula is C33H32ClN3O3. The van der Waals surface area contributed by atoms with Crippen LogP contribution in [0.2, 0.25) is 5.02 Å². The molecule has 204 valence electrons. The van der Waals surface area contributed by atoms with E-state index in [1.165, 1.54) is 19.6 Å². The highest BCUT2D eigenvalue weighted by Crippen LogP contribution is 2.49. The van der Waals surface area contributed by atoms with E-state index in [0.717, 1.165) is 58.2 Å². The Balaban J connectivity index is 1.31. The van der Waals surface area contributed by atoms with E-state index >= 15 is 0 Å². The number of halogens is 1. The van der Waals surface area contributed by atoms with Gasteiger partial charge in [-0.3, -0.25) is 4.79 Å². The van der Waals surface area contributed by atoms with Crippen molar-refractivity contribution in [3.05, 3.63) is 89.2 Å². The maximum Gasteiger partial charge on any atom is 0.330 e. The number of carbonyl (C=O) groups is 2. The summed E-state index contributed by atoms with van der Waals surface area (Å²) in [5.74, 6) is 0.892. The number of amides is 1. The summed E-state index contributed by atoms with van der Waals surface area (Å²) in [6.45, 7) is 0.370. The molecule has 0 N–H and O–H groups in total. The molecule has 1 aromatic heterocycles. The van der Waals surface area contributed by atoms with Gasteiger partial charge in [-0.05, 0) is 89.8 Å². The van der Waals surface area contributed by atoms with Crippen molar-refractivity contribution in [2.45, 2.75) is 32.2 Å². The first-order valence-corrected chi connectivity index (χ1v) is 14.1. The molecule has 4 aromatic rings. The van der Waals surface area contributed by atoms with Gasteiger partial charge in [-0.15, -0.1) is 0 Å². The molecule has 0 aliphatic heterocycles. The van der Waals surface area contributed by atoms with Crippen LogP contribution in [-0.2, 0) is 27.9 Å². The van der Waals surface area contributed by atoms with Crippen LogP contribution < -0.4 is 4.90 Å². The van der Waals surface area contributed by atoms with Gasteiger partial charge >= 0.3 is 5.97 Å². The molecule has 3 aromatic carbocycles. The smallest absolute Gasteiger partial charge is 0.330 e. The number of benzene rings is 3. The van der Waals surface area contributed by atoms with Gasteiger partial charge in [0, 0.05) is 29.8 Å². The minimum atomic E-state index is -0.422. The molecule has 2 fully saturated rings. The highest BCUT2D eigenvalue weighted by Gasteiger charge is 2.44. The molecule has 2 bridgehead atoms. The Labute approximate surface area is 239 Å². The minimum absolute atomic E-state index is 0.0381. The van der Waals surface area contributed by atoms with Crippen molar-refractivity contribution in [3.63, 3.8) is 0 Å². The van der Waals surface area contributed by atoms with Crippen molar-refractivity contribution in [1.29, 1.82) is 0 Å². The van der Waals surface area contributed by atoms with Gasteiger partial charge in [0.25, 0.3) is 0 Å². The Morgan fingerprint density at radius 3 is 2.65 bits per heavy atom. The van der Waals surface area contributed by atoms with Crippen molar-refractivity contribution in [2.24, 2.45) is 24.8 Å². The van der Waals surface area contributed by atoms with E-state index in [0.29, 0.717) is 23.4 Å². The van der Waals surface area contributed by atoms with E-state index in [4.69, 9.17) is 16.3 Å². The Morgan fingerprint density at radius 1 is 1.07 bits per heavy atom. The van der Waals surface area contributed by atoms with Crippen LogP contribution in [0.15, 0.2) is 73.1 Å². The van der Waals surface area contributed by atoms with Gasteiger partial charge in [-0.25, -0.2) is 9.78 Å². The Morgan fingerprint density at radius 2 is 1.90 bits per heavy atom. The van der Waals surface area contributed by atoms with Gasteiger partial charge in [-0.1, -0.05) is 48.4 Å². The highest BCUT2D eigenvalue weighted by atomic mass is 35.5. The fourth-order valence-electron chi connectivity index (χ4n) is 6.41. The number of hydrogen-bond acceptors (Lipinski definition) is 4. The molecular weight excluding hydrogens is 522 g/mol. The molecule has 7 heteroatoms. The summed E-state index contributed by atoms with van der Waals surface area (Å²) >= 11 is 6.87. The minimum Gasteiger partial charge on any atom is -0.466 e. The van der Waals surface area contributed by atoms with Crippen LogP contribution in [0.4, 0.5) is 5.69 Å². The zero-order valence-corrected chi connectivity index (χ0v) is 23.5. The van der Waals surface area contributed by atoms with Crippen molar-refractivity contribution in [1.82, 2.24) is 9.55 Å². The van der Waals surface area contributed by atoms with Crippen LogP contribution in [0.1, 0.15) is 36.8 Å². The summed E-state index contributed by atoms with van der Waals surface area (Å²) in [5, 5.41) is 0.617. The maximum atomic E-state index is 14.1. The maximum absolute atomic E-state index is 14.1. The largest absolute Gasteiger partial charge is 0.466 e. The van der Waals surface area contributed by atoms with E-state index in [1.807, 2.05) is 59.2 Å². The third kappa shape index (κ3) is 5.16. The molecule has 3 atom stereocenters. The second kappa shape index (κ2) is 10.9. The van der Waals surface area contributed by atoms with Crippen molar-refractivity contribution < 1.29 is 14.3 Å². The zero-order chi connectivity index (χ0) is 27.8. The van der Waals surface area contributed by atoms with Crippen LogP contribution in [0.5, 0.6) is 0 Å². The lowest BCUT2D eigenvalue weighted by atomic mass is 9.87. The summed E-state index contributed by atoms with van der Waals surface area (Å²) < 4.78 is 6.73. The predicted molar refractivity (Wildman–Crippen MR) is 159 cm³/mol. The number of hydrogen-bond donors (Lipinski definition) is 0. The van der Waals surface area contributed by atoms with Crippen LogP contribution in [-0.4, -0.2) is 28.5 Å². The van der Waals surface area contributed by atoms with E-state index < -0.39 is 5.97 Å². The van der Waals surface area contributed by atoms with Gasteiger partial charge < -0.3 is 14.2 Å². The van der Waals surface area contributed by atoms with Gasteiger partial charge in [0.05, 0.1) is 31.0 Å². The molecule has 0 spiro atoms. The first-order chi connectivity index (χ1) is 19.4. The molecule has 6 nitrogen and oxygen atoms in total. The van der Waals surface area contributed by atoms with Crippen molar-refractivity contribution in [2.75, 3.05) is 12.0 Å². The normalized spacial score (nSPS) is 19.9. The van der Waals surface area contributed by atoms with Gasteiger partial charge in [-0.2, -0.15) is 0 Å². The Bertz CT molecular complexity index is 1620. The van der Waals surface area contributed by atoms with Crippen LogP contribution in [0, 0.1) is 17.8 Å². The topological polar surface area (TPSA) is 64.4 Å². The lowest BCUT2D eigenvalue weighted by molar-refractivity contribution is -0.134. The number of imidazole rings is 1. The third-order valence-corrected chi connectivity index (χ3v) is 8.91. The van der Waals surface area contributed by atoms with Crippen LogP contribution in [0.3, 0.4) is 0 Å². The Kier molecular flexibility index (Phi) is 7.20. The summed E-state index contributed by atoms with van der Waals surface area (Å²) in [4.78, 5) is 32.1. The molecule has 0 unspecified atom stereocenters. The Hall–Kier alpha value is -3.90. The zero-order valence-electron chi connectivity index (χ0n) is 22.7. The molecule has 0 radical (unpaired) electrons. The van der Waals surface area contributed by atoms with Gasteiger partial charge in [0.15, 0.2) is 0 Å². The monoisotopic (exact) mass is 553 g/mol. The highest BCUT2D eigenvalue weighted by molar-refractivity contribution is 6.31. The molecule has 2 aliphatic rings. The number of ether oxygens (including phenoxy) is 1. The predicted octanol–water partition coefficient (Wildman–Crippen LogP) is 7.05. The van der Waals surface area contributed by atoms with E-state index in [2.05, 4.69) is 29.2 Å². The lowest BCUT2D eigenvalue weighted by Gasteiger charge is -2.30. The standard InChI is InChI=1S/C33H32ClN3O3/c1-36-20-35-30-18-24(11-12-31(30)36)23-9-10-26(29(34)17-23)19-37(33(39)28-16-22-6-8-25(28)14-22)27-5-3-4-21(15-27)7-13-32(38)40-2/h3-5,7,9-13,15,17-18,20,22,25,28H,6,8,14,16,19H2,1-2H3/b13-7+/t22-,25+,28-/m1/s1. The second-order valence-corrected chi connectivity index (χ2v) is 11.4. The fourth-order valence-corrected chi connectivity index (χ4v) is 6.65. The molecule has 0 saturated heterocycles. The molecule has 2 aliphatic carbocycles.